The Morgan fingerprint density at radius 3 is 2.60 bits per heavy atom. The van der Waals surface area contributed by atoms with Gasteiger partial charge in [-0.2, -0.15) is 0 Å². The number of esters is 1. The van der Waals surface area contributed by atoms with Crippen LogP contribution in [0, 0.1) is 6.92 Å². The Balaban J connectivity index is 2.34. The second kappa shape index (κ2) is 7.97. The van der Waals surface area contributed by atoms with Crippen LogP contribution in [0.3, 0.4) is 0 Å². The molecule has 1 aromatic heterocycles. The molecule has 0 saturated heterocycles. The van der Waals surface area contributed by atoms with E-state index in [9.17, 15) is 13.2 Å². The van der Waals surface area contributed by atoms with Gasteiger partial charge in [-0.15, -0.1) is 0 Å². The van der Waals surface area contributed by atoms with E-state index in [1.54, 1.807) is 13.0 Å². The molecule has 0 aliphatic carbocycles. The van der Waals surface area contributed by atoms with Crippen molar-refractivity contribution in [3.63, 3.8) is 0 Å². The van der Waals surface area contributed by atoms with Crippen molar-refractivity contribution >= 4 is 27.0 Å². The zero-order chi connectivity index (χ0) is 18.6. The first kappa shape index (κ1) is 19.4. The van der Waals surface area contributed by atoms with Crippen molar-refractivity contribution in [2.45, 2.75) is 46.7 Å². The van der Waals surface area contributed by atoms with Crippen LogP contribution >= 0.6 is 0 Å². The van der Waals surface area contributed by atoms with E-state index < -0.39 is 10.0 Å². The van der Waals surface area contributed by atoms with Crippen LogP contribution in [-0.4, -0.2) is 31.3 Å². The van der Waals surface area contributed by atoms with Crippen LogP contribution in [-0.2, 0) is 27.8 Å². The Hall–Kier alpha value is -1.93. The minimum Gasteiger partial charge on any atom is -0.462 e. The Labute approximate surface area is 148 Å². The van der Waals surface area contributed by atoms with Gasteiger partial charge in [0.25, 0.3) is 5.82 Å². The lowest BCUT2D eigenvalue weighted by Gasteiger charge is -2.03. The molecule has 0 radical (unpaired) electrons. The maximum absolute atomic E-state index is 12.0. The second-order valence-corrected chi connectivity index (χ2v) is 7.68. The van der Waals surface area contributed by atoms with E-state index in [1.165, 1.54) is 0 Å². The number of aryl methyl sites for hydroxylation is 2. The molecule has 138 valence electrons. The lowest BCUT2D eigenvalue weighted by molar-refractivity contribution is -0.675. The average Bonchev–Trinajstić information content (AvgIpc) is 2.81. The van der Waals surface area contributed by atoms with Gasteiger partial charge in [-0.05, 0) is 38.8 Å². The summed E-state index contributed by atoms with van der Waals surface area (Å²) in [6.07, 6.45) is 1.19. The highest BCUT2D eigenvalue weighted by Gasteiger charge is 2.22. The fourth-order valence-electron chi connectivity index (χ4n) is 3.06. The summed E-state index contributed by atoms with van der Waals surface area (Å²) in [6, 6.07) is 5.54. The van der Waals surface area contributed by atoms with E-state index in [1.807, 2.05) is 19.1 Å². The molecule has 2 N–H and O–H groups in total. The fourth-order valence-corrected chi connectivity index (χ4v) is 3.66. The van der Waals surface area contributed by atoms with Crippen LogP contribution in [0.5, 0.6) is 0 Å². The number of hydrogen-bond donors (Lipinski definition) is 1. The topological polar surface area (TPSA) is 95.3 Å². The lowest BCUT2D eigenvalue weighted by Crippen LogP contribution is -2.35. The summed E-state index contributed by atoms with van der Waals surface area (Å²) >= 11 is 0. The van der Waals surface area contributed by atoms with Gasteiger partial charge in [0.2, 0.25) is 10.0 Å². The normalized spacial score (nSPS) is 11.8. The first-order valence-electron chi connectivity index (χ1n) is 8.48. The molecule has 0 aliphatic rings. The molecule has 0 spiro atoms. The van der Waals surface area contributed by atoms with Gasteiger partial charge in [0, 0.05) is 13.0 Å². The molecular formula is C17H26N3O4S+. The zero-order valence-electron chi connectivity index (χ0n) is 15.0. The standard InChI is InChI=1S/C17H26N3O4S/c1-4-19-13(3)20(10-6-7-11-25(18,22)23)16-12-14(8-9-15(16)19)17(21)24-5-2/h8-9,12H,4-7,10-11H2,1-3H3,(H2,18,22,23)/q+1. The van der Waals surface area contributed by atoms with Gasteiger partial charge in [0.1, 0.15) is 0 Å². The summed E-state index contributed by atoms with van der Waals surface area (Å²) < 4.78 is 31.5. The van der Waals surface area contributed by atoms with Crippen LogP contribution < -0.4 is 9.71 Å². The van der Waals surface area contributed by atoms with E-state index in [4.69, 9.17) is 9.88 Å². The van der Waals surface area contributed by atoms with Crippen LogP contribution in [0.4, 0.5) is 0 Å². The number of benzene rings is 1. The Bertz CT molecular complexity index is 872. The quantitative estimate of drug-likeness (QED) is 0.434. The second-order valence-electron chi connectivity index (χ2n) is 5.94. The van der Waals surface area contributed by atoms with Crippen molar-refractivity contribution in [3.8, 4) is 0 Å². The molecule has 0 bridgehead atoms. The Morgan fingerprint density at radius 2 is 2.00 bits per heavy atom. The van der Waals surface area contributed by atoms with E-state index in [0.29, 0.717) is 31.6 Å². The van der Waals surface area contributed by atoms with E-state index in [-0.39, 0.29) is 11.7 Å². The number of hydrogen-bond acceptors (Lipinski definition) is 4. The smallest absolute Gasteiger partial charge is 0.338 e. The number of sulfonamides is 1. The van der Waals surface area contributed by atoms with Gasteiger partial charge in [0.15, 0.2) is 11.0 Å². The summed E-state index contributed by atoms with van der Waals surface area (Å²) in [5.41, 5.74) is 2.50. The molecule has 25 heavy (non-hydrogen) atoms. The predicted octanol–water partition coefficient (Wildman–Crippen LogP) is 1.50. The third-order valence-corrected chi connectivity index (χ3v) is 5.08. The molecule has 0 saturated carbocycles. The summed E-state index contributed by atoms with van der Waals surface area (Å²) in [6.45, 7) is 7.67. The molecule has 1 aromatic carbocycles. The molecule has 7 nitrogen and oxygen atoms in total. The molecular weight excluding hydrogens is 342 g/mol. The van der Waals surface area contributed by atoms with Crippen LogP contribution in [0.1, 0.15) is 42.9 Å². The van der Waals surface area contributed by atoms with Gasteiger partial charge in [-0.3, -0.25) is 0 Å². The van der Waals surface area contributed by atoms with Gasteiger partial charge in [0.05, 0.1) is 31.0 Å². The number of nitrogens with two attached hydrogens (primary N) is 1. The third-order valence-electron chi connectivity index (χ3n) is 4.23. The number of unbranched alkanes of at least 4 members (excludes halogenated alkanes) is 1. The number of rotatable bonds is 8. The van der Waals surface area contributed by atoms with Crippen molar-refractivity contribution in [3.05, 3.63) is 29.6 Å². The molecule has 0 fully saturated rings. The van der Waals surface area contributed by atoms with Gasteiger partial charge < -0.3 is 4.74 Å². The number of ether oxygens (including phenoxy) is 1. The third kappa shape index (κ3) is 4.58. The number of carbonyl (C=O) groups excluding carboxylic acids is 1. The zero-order valence-corrected chi connectivity index (χ0v) is 15.8. The van der Waals surface area contributed by atoms with Crippen LogP contribution in [0.25, 0.3) is 11.0 Å². The maximum atomic E-state index is 12.0. The highest BCUT2D eigenvalue weighted by molar-refractivity contribution is 7.89. The van der Waals surface area contributed by atoms with Crippen molar-refractivity contribution in [2.75, 3.05) is 12.4 Å². The average molecular weight is 368 g/mol. The summed E-state index contributed by atoms with van der Waals surface area (Å²) in [5, 5.41) is 5.05. The number of nitrogens with zero attached hydrogens (tertiary/aromatic N) is 2. The minimum atomic E-state index is -3.43. The van der Waals surface area contributed by atoms with Crippen molar-refractivity contribution in [1.82, 2.24) is 4.57 Å². The van der Waals surface area contributed by atoms with Gasteiger partial charge >= 0.3 is 5.97 Å². The molecule has 0 atom stereocenters. The Kier molecular flexibility index (Phi) is 6.18. The molecule has 0 unspecified atom stereocenters. The predicted molar refractivity (Wildman–Crippen MR) is 95.7 cm³/mol. The molecule has 2 aromatic rings. The first-order valence-corrected chi connectivity index (χ1v) is 10.2. The number of fused-ring (bicyclic) bond motifs is 1. The molecule has 2 rings (SSSR count). The van der Waals surface area contributed by atoms with Crippen molar-refractivity contribution in [2.24, 2.45) is 5.14 Å². The summed E-state index contributed by atoms with van der Waals surface area (Å²) in [4.78, 5) is 12.0. The molecule has 1 heterocycles. The number of carbonyl (C=O) groups is 1. The molecule has 0 amide bonds. The molecule has 0 aliphatic heterocycles. The highest BCUT2D eigenvalue weighted by atomic mass is 32.2. The lowest BCUT2D eigenvalue weighted by atomic mass is 10.2. The van der Waals surface area contributed by atoms with Crippen LogP contribution in [0.15, 0.2) is 18.2 Å². The monoisotopic (exact) mass is 368 g/mol. The SMILES string of the molecule is CCOC(=O)c1ccc2c(c1)n(CCCCS(N)(=O)=O)c(C)[n+]2CC. The number of aromatic nitrogens is 2. The Morgan fingerprint density at radius 1 is 1.28 bits per heavy atom. The first-order chi connectivity index (χ1) is 11.8. The van der Waals surface area contributed by atoms with E-state index >= 15 is 0 Å². The number of primary sulfonamides is 1. The van der Waals surface area contributed by atoms with E-state index in [0.717, 1.165) is 23.4 Å². The highest BCUT2D eigenvalue weighted by Crippen LogP contribution is 2.18. The van der Waals surface area contributed by atoms with Gasteiger partial charge in [-0.25, -0.2) is 27.5 Å². The van der Waals surface area contributed by atoms with Gasteiger partial charge in [-0.1, -0.05) is 0 Å². The van der Waals surface area contributed by atoms with Crippen LogP contribution in [0.2, 0.25) is 0 Å². The minimum absolute atomic E-state index is 0.0207. The maximum Gasteiger partial charge on any atom is 0.338 e. The largest absolute Gasteiger partial charge is 0.462 e. The molecule has 8 heteroatoms. The van der Waals surface area contributed by atoms with Crippen molar-refractivity contribution < 1.29 is 22.5 Å². The van der Waals surface area contributed by atoms with E-state index in [2.05, 4.69) is 16.1 Å². The fraction of sp³-hybridized carbons (Fsp3) is 0.529. The number of imidazole rings is 1. The summed E-state index contributed by atoms with van der Waals surface area (Å²) in [7, 11) is -3.43. The van der Waals surface area contributed by atoms with Crippen molar-refractivity contribution in [1.29, 1.82) is 0 Å². The summed E-state index contributed by atoms with van der Waals surface area (Å²) in [5.74, 6) is 0.703.